The van der Waals surface area contributed by atoms with Crippen LogP contribution in [0.1, 0.15) is 36.7 Å². The molecule has 6 nitrogen and oxygen atoms in total. The molecule has 0 saturated carbocycles. The number of sulfone groups is 1. The monoisotopic (exact) mass is 423 g/mol. The lowest BCUT2D eigenvalue weighted by Gasteiger charge is -2.23. The lowest BCUT2D eigenvalue weighted by atomic mass is 9.86. The van der Waals surface area contributed by atoms with Gasteiger partial charge in [-0.3, -0.25) is 4.79 Å². The molecule has 2 aromatic rings. The summed E-state index contributed by atoms with van der Waals surface area (Å²) in [6, 6.07) is 11.1. The number of benzene rings is 2. The van der Waals surface area contributed by atoms with Gasteiger partial charge in [-0.1, -0.05) is 50.6 Å². The number of amides is 1. The van der Waals surface area contributed by atoms with Gasteiger partial charge in [0.2, 0.25) is 0 Å². The number of esters is 1. The van der Waals surface area contributed by atoms with Gasteiger partial charge in [0.15, 0.2) is 16.4 Å². The van der Waals surface area contributed by atoms with E-state index in [1.807, 2.05) is 32.9 Å². The highest BCUT2D eigenvalue weighted by atomic mass is 35.5. The van der Waals surface area contributed by atoms with E-state index in [9.17, 15) is 18.0 Å². The van der Waals surface area contributed by atoms with Gasteiger partial charge in [-0.05, 0) is 35.2 Å². The minimum absolute atomic E-state index is 0.0379. The summed E-state index contributed by atoms with van der Waals surface area (Å²) in [7, 11) is -3.51. The highest BCUT2D eigenvalue weighted by molar-refractivity contribution is 7.90. The predicted octanol–water partition coefficient (Wildman–Crippen LogP) is 3.84. The molecule has 1 N–H and O–H groups in total. The summed E-state index contributed by atoms with van der Waals surface area (Å²) in [4.78, 5) is 24.4. The molecule has 0 bridgehead atoms. The Kier molecular flexibility index (Phi) is 6.52. The van der Waals surface area contributed by atoms with Gasteiger partial charge < -0.3 is 10.1 Å². The normalized spacial score (nSPS) is 11.8. The van der Waals surface area contributed by atoms with Crippen molar-refractivity contribution in [3.63, 3.8) is 0 Å². The number of carbonyl (C=O) groups excluding carboxylic acids is 2. The molecular formula is C20H22ClNO5S. The smallest absolute Gasteiger partial charge is 0.340 e. The van der Waals surface area contributed by atoms with Crippen molar-refractivity contribution in [2.75, 3.05) is 18.2 Å². The van der Waals surface area contributed by atoms with Gasteiger partial charge in [0, 0.05) is 11.9 Å². The fraction of sp³-hybridized carbons (Fsp3) is 0.300. The fourth-order valence-corrected chi connectivity index (χ4v) is 3.37. The summed E-state index contributed by atoms with van der Waals surface area (Å²) in [5.74, 6) is -1.39. The minimum atomic E-state index is -3.51. The first-order chi connectivity index (χ1) is 12.9. The SMILES string of the molecule is CC(C)(C)c1ccccc1NC(=O)COC(=O)c1cc(S(C)(=O)=O)ccc1Cl. The molecule has 0 atom stereocenters. The van der Waals surface area contributed by atoms with E-state index in [4.69, 9.17) is 16.3 Å². The van der Waals surface area contributed by atoms with E-state index in [2.05, 4.69) is 5.32 Å². The number of anilines is 1. The van der Waals surface area contributed by atoms with Crippen LogP contribution in [0, 0.1) is 0 Å². The van der Waals surface area contributed by atoms with Gasteiger partial charge in [-0.2, -0.15) is 0 Å². The van der Waals surface area contributed by atoms with Crippen LogP contribution in [0.2, 0.25) is 5.02 Å². The van der Waals surface area contributed by atoms with Gasteiger partial charge in [-0.15, -0.1) is 0 Å². The van der Waals surface area contributed by atoms with Crippen LogP contribution in [0.15, 0.2) is 47.4 Å². The fourth-order valence-electron chi connectivity index (χ4n) is 2.53. The summed E-state index contributed by atoms with van der Waals surface area (Å²) in [5, 5.41) is 2.77. The van der Waals surface area contributed by atoms with Crippen LogP contribution in [0.5, 0.6) is 0 Å². The van der Waals surface area contributed by atoms with E-state index in [0.29, 0.717) is 5.69 Å². The van der Waals surface area contributed by atoms with Crippen LogP contribution in [0.25, 0.3) is 0 Å². The second-order valence-electron chi connectivity index (χ2n) is 7.33. The van der Waals surface area contributed by atoms with Gasteiger partial charge in [0.05, 0.1) is 15.5 Å². The Labute approximate surface area is 169 Å². The average Bonchev–Trinajstić information content (AvgIpc) is 2.58. The largest absolute Gasteiger partial charge is 0.452 e. The number of hydrogen-bond acceptors (Lipinski definition) is 5. The minimum Gasteiger partial charge on any atom is -0.452 e. The van der Waals surface area contributed by atoms with Crippen LogP contribution < -0.4 is 5.32 Å². The molecule has 2 aromatic carbocycles. The van der Waals surface area contributed by atoms with Crippen LogP contribution in [0.4, 0.5) is 5.69 Å². The molecule has 0 fully saturated rings. The molecule has 28 heavy (non-hydrogen) atoms. The molecule has 0 radical (unpaired) electrons. The van der Waals surface area contributed by atoms with Crippen molar-refractivity contribution in [2.45, 2.75) is 31.1 Å². The molecule has 1 amide bonds. The molecule has 0 unspecified atom stereocenters. The highest BCUT2D eigenvalue weighted by Gasteiger charge is 2.20. The Morgan fingerprint density at radius 3 is 2.36 bits per heavy atom. The van der Waals surface area contributed by atoms with Crippen molar-refractivity contribution in [1.82, 2.24) is 0 Å². The van der Waals surface area contributed by atoms with Crippen molar-refractivity contribution >= 4 is 39.0 Å². The lowest BCUT2D eigenvalue weighted by Crippen LogP contribution is -2.23. The standard InChI is InChI=1S/C20H22ClNO5S/c1-20(2,3)15-7-5-6-8-17(15)22-18(23)12-27-19(24)14-11-13(28(4,25)26)9-10-16(14)21/h5-11H,12H2,1-4H3,(H,22,23). The average molecular weight is 424 g/mol. The van der Waals surface area contributed by atoms with Crippen molar-refractivity contribution in [2.24, 2.45) is 0 Å². The molecule has 0 aliphatic carbocycles. The summed E-state index contributed by atoms with van der Waals surface area (Å²) in [6.45, 7) is 5.54. The molecule has 0 saturated heterocycles. The highest BCUT2D eigenvalue weighted by Crippen LogP contribution is 2.29. The van der Waals surface area contributed by atoms with Crippen LogP contribution >= 0.6 is 11.6 Å². The number of hydrogen-bond donors (Lipinski definition) is 1. The first-order valence-electron chi connectivity index (χ1n) is 8.45. The lowest BCUT2D eigenvalue weighted by molar-refractivity contribution is -0.119. The van der Waals surface area contributed by atoms with Crippen molar-refractivity contribution in [3.05, 3.63) is 58.6 Å². The summed E-state index contributed by atoms with van der Waals surface area (Å²) in [5.41, 5.74) is 1.28. The van der Waals surface area contributed by atoms with Gasteiger partial charge in [0.25, 0.3) is 5.91 Å². The molecule has 0 heterocycles. The zero-order valence-electron chi connectivity index (χ0n) is 16.1. The van der Waals surface area contributed by atoms with Crippen molar-refractivity contribution < 1.29 is 22.7 Å². The molecule has 0 spiro atoms. The zero-order chi connectivity index (χ0) is 21.1. The Morgan fingerprint density at radius 1 is 1.11 bits per heavy atom. The number of carbonyl (C=O) groups is 2. The zero-order valence-corrected chi connectivity index (χ0v) is 17.6. The molecule has 8 heteroatoms. The Balaban J connectivity index is 2.09. The van der Waals surface area contributed by atoms with Crippen molar-refractivity contribution in [1.29, 1.82) is 0 Å². The van der Waals surface area contributed by atoms with Gasteiger partial charge in [-0.25, -0.2) is 13.2 Å². The van der Waals surface area contributed by atoms with Crippen molar-refractivity contribution in [3.8, 4) is 0 Å². The Bertz CT molecular complexity index is 1010. The molecule has 2 rings (SSSR count). The molecule has 0 aliphatic rings. The van der Waals surface area contributed by atoms with E-state index >= 15 is 0 Å². The third kappa shape index (κ3) is 5.56. The van der Waals surface area contributed by atoms with Gasteiger partial charge in [0.1, 0.15) is 0 Å². The Morgan fingerprint density at radius 2 is 1.75 bits per heavy atom. The number of rotatable bonds is 5. The molecule has 150 valence electrons. The third-order valence-electron chi connectivity index (χ3n) is 3.93. The van der Waals surface area contributed by atoms with Crippen LogP contribution in [-0.2, 0) is 24.8 Å². The summed E-state index contributed by atoms with van der Waals surface area (Å²) < 4.78 is 28.3. The second kappa shape index (κ2) is 8.32. The van der Waals surface area contributed by atoms with Crippen LogP contribution in [0.3, 0.4) is 0 Å². The number of ether oxygens (including phenoxy) is 1. The van der Waals surface area contributed by atoms with E-state index in [-0.39, 0.29) is 20.9 Å². The maximum Gasteiger partial charge on any atom is 0.340 e. The number of halogens is 1. The predicted molar refractivity (Wildman–Crippen MR) is 109 cm³/mol. The first-order valence-corrected chi connectivity index (χ1v) is 10.7. The maximum absolute atomic E-state index is 12.2. The third-order valence-corrected chi connectivity index (χ3v) is 5.37. The summed E-state index contributed by atoms with van der Waals surface area (Å²) >= 11 is 5.96. The number of nitrogens with one attached hydrogen (secondary N) is 1. The maximum atomic E-state index is 12.2. The molecular weight excluding hydrogens is 402 g/mol. The molecule has 0 aliphatic heterocycles. The topological polar surface area (TPSA) is 89.5 Å². The van der Waals surface area contributed by atoms with Gasteiger partial charge >= 0.3 is 5.97 Å². The second-order valence-corrected chi connectivity index (χ2v) is 9.76. The first kappa shape index (κ1) is 21.9. The van der Waals surface area contributed by atoms with E-state index in [0.717, 1.165) is 17.9 Å². The van der Waals surface area contributed by atoms with E-state index in [1.54, 1.807) is 12.1 Å². The Hall–Kier alpha value is -2.38. The molecule has 0 aromatic heterocycles. The van der Waals surface area contributed by atoms with E-state index < -0.39 is 28.3 Å². The van der Waals surface area contributed by atoms with Crippen LogP contribution in [-0.4, -0.2) is 33.2 Å². The number of para-hydroxylation sites is 1. The quantitative estimate of drug-likeness (QED) is 0.738. The van der Waals surface area contributed by atoms with E-state index in [1.165, 1.54) is 12.1 Å². The summed E-state index contributed by atoms with van der Waals surface area (Å²) in [6.07, 6.45) is 1.02.